The van der Waals surface area contributed by atoms with E-state index >= 15 is 0 Å². The largest absolute Gasteiger partial charge is 0.463 e. The first-order valence-electron chi connectivity index (χ1n) is 8.94. The summed E-state index contributed by atoms with van der Waals surface area (Å²) in [4.78, 5) is 4.33. The minimum absolute atomic E-state index is 0.176. The SMILES string of the molecule is CC.CC.c1ccc(CC(NC2=NCCO2)c2ccccc2)cc1. The summed E-state index contributed by atoms with van der Waals surface area (Å²) >= 11 is 0. The second kappa shape index (κ2) is 12.2. The zero-order chi connectivity index (χ0) is 17.6. The third-order valence-electron chi connectivity index (χ3n) is 3.37. The molecule has 1 atom stereocenters. The lowest BCUT2D eigenvalue weighted by Gasteiger charge is -2.20. The highest BCUT2D eigenvalue weighted by Gasteiger charge is 2.16. The van der Waals surface area contributed by atoms with E-state index in [0.717, 1.165) is 13.0 Å². The highest BCUT2D eigenvalue weighted by atomic mass is 16.5. The lowest BCUT2D eigenvalue weighted by Crippen LogP contribution is -2.30. The van der Waals surface area contributed by atoms with Gasteiger partial charge in [-0.3, -0.25) is 0 Å². The Morgan fingerprint density at radius 1 is 0.917 bits per heavy atom. The number of hydrogen-bond acceptors (Lipinski definition) is 3. The normalized spacial score (nSPS) is 13.2. The molecule has 3 rings (SSSR count). The molecule has 3 heteroatoms. The van der Waals surface area contributed by atoms with E-state index in [0.29, 0.717) is 12.6 Å². The summed E-state index contributed by atoms with van der Waals surface area (Å²) in [5, 5.41) is 3.41. The highest BCUT2D eigenvalue weighted by molar-refractivity contribution is 5.75. The lowest BCUT2D eigenvalue weighted by atomic mass is 9.99. The molecule has 0 saturated heterocycles. The van der Waals surface area contributed by atoms with Gasteiger partial charge < -0.3 is 10.1 Å². The van der Waals surface area contributed by atoms with Crippen molar-refractivity contribution in [3.63, 3.8) is 0 Å². The molecule has 1 aliphatic rings. The Hall–Kier alpha value is -2.29. The van der Waals surface area contributed by atoms with E-state index in [2.05, 4.69) is 58.8 Å². The average Bonchev–Trinajstić information content (AvgIpc) is 3.19. The number of benzene rings is 2. The van der Waals surface area contributed by atoms with Crippen molar-refractivity contribution in [3.05, 3.63) is 71.8 Å². The molecule has 0 amide bonds. The van der Waals surface area contributed by atoms with E-state index in [1.54, 1.807) is 0 Å². The topological polar surface area (TPSA) is 33.6 Å². The van der Waals surface area contributed by atoms with Gasteiger partial charge in [0.2, 0.25) is 0 Å². The first-order valence-corrected chi connectivity index (χ1v) is 8.94. The summed E-state index contributed by atoms with van der Waals surface area (Å²) in [6.45, 7) is 9.42. The van der Waals surface area contributed by atoms with Crippen molar-refractivity contribution in [1.29, 1.82) is 0 Å². The zero-order valence-electron chi connectivity index (χ0n) is 15.3. The van der Waals surface area contributed by atoms with Gasteiger partial charge in [0.05, 0.1) is 12.6 Å². The molecule has 2 aromatic rings. The minimum Gasteiger partial charge on any atom is -0.463 e. The van der Waals surface area contributed by atoms with Crippen LogP contribution in [0, 0.1) is 0 Å². The second-order valence-corrected chi connectivity index (χ2v) is 4.83. The summed E-state index contributed by atoms with van der Waals surface area (Å²) in [6, 6.07) is 21.7. The van der Waals surface area contributed by atoms with Gasteiger partial charge in [-0.25, -0.2) is 4.99 Å². The van der Waals surface area contributed by atoms with Gasteiger partial charge in [0.1, 0.15) is 6.61 Å². The van der Waals surface area contributed by atoms with Crippen LogP contribution in [-0.4, -0.2) is 19.2 Å². The van der Waals surface area contributed by atoms with Crippen LogP contribution in [0.1, 0.15) is 44.9 Å². The van der Waals surface area contributed by atoms with Crippen LogP contribution in [-0.2, 0) is 11.2 Å². The summed E-state index contributed by atoms with van der Waals surface area (Å²) in [5.74, 6) is 0. The Balaban J connectivity index is 0.000000671. The van der Waals surface area contributed by atoms with Crippen LogP contribution in [0.25, 0.3) is 0 Å². The van der Waals surface area contributed by atoms with Crippen LogP contribution in [0.5, 0.6) is 0 Å². The quantitative estimate of drug-likeness (QED) is 0.858. The highest BCUT2D eigenvalue weighted by Crippen LogP contribution is 2.18. The molecule has 0 aliphatic carbocycles. The van der Waals surface area contributed by atoms with E-state index in [4.69, 9.17) is 4.74 Å². The van der Waals surface area contributed by atoms with E-state index in [9.17, 15) is 0 Å². The molecule has 1 heterocycles. The number of nitrogens with one attached hydrogen (secondary N) is 1. The van der Waals surface area contributed by atoms with Crippen molar-refractivity contribution in [2.24, 2.45) is 4.99 Å². The van der Waals surface area contributed by atoms with Crippen molar-refractivity contribution in [2.75, 3.05) is 13.2 Å². The fraction of sp³-hybridized carbons (Fsp3) is 0.381. The maximum Gasteiger partial charge on any atom is 0.285 e. The van der Waals surface area contributed by atoms with E-state index in [1.807, 2.05) is 39.8 Å². The molecule has 130 valence electrons. The summed E-state index contributed by atoms with van der Waals surface area (Å²) in [5.41, 5.74) is 2.54. The van der Waals surface area contributed by atoms with Crippen LogP contribution in [0.2, 0.25) is 0 Å². The van der Waals surface area contributed by atoms with Gasteiger partial charge in [-0.2, -0.15) is 0 Å². The zero-order valence-corrected chi connectivity index (χ0v) is 15.3. The molecular formula is C21H30N2O. The molecule has 24 heavy (non-hydrogen) atoms. The van der Waals surface area contributed by atoms with Crippen LogP contribution < -0.4 is 5.32 Å². The summed E-state index contributed by atoms with van der Waals surface area (Å²) in [7, 11) is 0. The molecule has 3 nitrogen and oxygen atoms in total. The lowest BCUT2D eigenvalue weighted by molar-refractivity contribution is 0.325. The molecule has 2 aromatic carbocycles. The molecule has 0 saturated carbocycles. The van der Waals surface area contributed by atoms with E-state index in [-0.39, 0.29) is 6.04 Å². The molecule has 1 unspecified atom stereocenters. The van der Waals surface area contributed by atoms with Gasteiger partial charge >= 0.3 is 0 Å². The fourth-order valence-corrected chi connectivity index (χ4v) is 2.36. The van der Waals surface area contributed by atoms with Crippen LogP contribution >= 0.6 is 0 Å². The third-order valence-corrected chi connectivity index (χ3v) is 3.37. The van der Waals surface area contributed by atoms with Crippen molar-refractivity contribution in [1.82, 2.24) is 5.32 Å². The monoisotopic (exact) mass is 326 g/mol. The van der Waals surface area contributed by atoms with E-state index in [1.165, 1.54) is 11.1 Å². The van der Waals surface area contributed by atoms with Crippen molar-refractivity contribution >= 4 is 6.02 Å². The number of hydrogen-bond donors (Lipinski definition) is 1. The molecule has 0 bridgehead atoms. The standard InChI is InChI=1S/C17H18N2O.2C2H6/c1-3-7-14(8-4-1)13-16(15-9-5-2-6-10-15)19-17-18-11-12-20-17;2*1-2/h1-10,16H,11-13H2,(H,18,19);2*1-2H3. The summed E-state index contributed by atoms with van der Waals surface area (Å²) < 4.78 is 5.48. The van der Waals surface area contributed by atoms with Crippen molar-refractivity contribution in [2.45, 2.75) is 40.2 Å². The number of ether oxygens (including phenoxy) is 1. The number of amidine groups is 1. The first kappa shape index (κ1) is 19.8. The van der Waals surface area contributed by atoms with Gasteiger partial charge in [0.15, 0.2) is 0 Å². The Labute approximate surface area is 146 Å². The Bertz CT molecular complexity index is 567. The Morgan fingerprint density at radius 3 is 2.04 bits per heavy atom. The maximum absolute atomic E-state index is 5.48. The van der Waals surface area contributed by atoms with Gasteiger partial charge in [0, 0.05) is 0 Å². The van der Waals surface area contributed by atoms with Gasteiger partial charge in [0.25, 0.3) is 6.02 Å². The van der Waals surface area contributed by atoms with Gasteiger partial charge in [-0.05, 0) is 17.5 Å². The minimum atomic E-state index is 0.176. The van der Waals surface area contributed by atoms with Crippen LogP contribution in [0.3, 0.4) is 0 Å². The fourth-order valence-electron chi connectivity index (χ4n) is 2.36. The second-order valence-electron chi connectivity index (χ2n) is 4.83. The van der Waals surface area contributed by atoms with Crippen molar-refractivity contribution < 1.29 is 4.74 Å². The van der Waals surface area contributed by atoms with Crippen molar-refractivity contribution in [3.8, 4) is 0 Å². The molecule has 0 aromatic heterocycles. The first-order chi connectivity index (χ1) is 11.9. The predicted octanol–water partition coefficient (Wildman–Crippen LogP) is 5.00. The van der Waals surface area contributed by atoms with Gasteiger partial charge in [-0.15, -0.1) is 0 Å². The van der Waals surface area contributed by atoms with Crippen LogP contribution in [0.15, 0.2) is 65.7 Å². The Kier molecular flexibility index (Phi) is 10.0. The van der Waals surface area contributed by atoms with Crippen LogP contribution in [0.4, 0.5) is 0 Å². The number of aliphatic imine (C=N–C) groups is 1. The molecule has 0 fully saturated rings. The maximum atomic E-state index is 5.48. The molecule has 1 N–H and O–H groups in total. The summed E-state index contributed by atoms with van der Waals surface area (Å²) in [6.07, 6.45) is 0.910. The number of rotatable bonds is 4. The van der Waals surface area contributed by atoms with Gasteiger partial charge in [-0.1, -0.05) is 88.4 Å². The predicted molar refractivity (Wildman–Crippen MR) is 103 cm³/mol. The smallest absolute Gasteiger partial charge is 0.285 e. The molecule has 0 radical (unpaired) electrons. The molecular weight excluding hydrogens is 296 g/mol. The average molecular weight is 326 g/mol. The Morgan fingerprint density at radius 2 is 1.50 bits per heavy atom. The number of nitrogens with zero attached hydrogens (tertiary/aromatic N) is 1. The van der Waals surface area contributed by atoms with E-state index < -0.39 is 0 Å². The molecule has 0 spiro atoms. The molecule has 1 aliphatic heterocycles. The third kappa shape index (κ3) is 6.45.